The number of carbonyl (C=O) groups is 1. The van der Waals surface area contributed by atoms with Crippen molar-refractivity contribution in [1.29, 1.82) is 0 Å². The summed E-state index contributed by atoms with van der Waals surface area (Å²) in [4.78, 5) is 15.0. The highest BCUT2D eigenvalue weighted by molar-refractivity contribution is 5.77. The van der Waals surface area contributed by atoms with Crippen molar-refractivity contribution in [3.8, 4) is 0 Å². The molecule has 2 bridgehead atoms. The Morgan fingerprint density at radius 2 is 0.936 bits per heavy atom. The highest BCUT2D eigenvalue weighted by Crippen LogP contribution is 2.72. The van der Waals surface area contributed by atoms with Crippen LogP contribution in [0.3, 0.4) is 0 Å². The average Bonchev–Trinajstić information content (AvgIpc) is 3.92. The van der Waals surface area contributed by atoms with Crippen molar-refractivity contribution in [3.63, 3.8) is 0 Å². The van der Waals surface area contributed by atoms with Crippen LogP contribution < -0.4 is 0 Å². The highest BCUT2D eigenvalue weighted by Gasteiger charge is 2.68. The minimum atomic E-state index is -2.00. The zero-order chi connectivity index (χ0) is 56.7. The molecule has 448 valence electrons. The van der Waals surface area contributed by atoms with Gasteiger partial charge in [-0.2, -0.15) is 0 Å². The van der Waals surface area contributed by atoms with Gasteiger partial charge < -0.3 is 134 Å². The quantitative estimate of drug-likeness (QED) is 0.0411. The minimum absolute atomic E-state index is 0.214. The van der Waals surface area contributed by atoms with E-state index in [4.69, 9.17) is 47.4 Å². The highest BCUT2D eigenvalue weighted by atomic mass is 16.8. The Balaban J connectivity index is 0.996. The molecule has 17 N–H and O–H groups in total. The number of aliphatic hydroxyl groups is 17. The van der Waals surface area contributed by atoms with Crippen molar-refractivity contribution in [2.24, 2.45) is 34.0 Å². The van der Waals surface area contributed by atoms with Gasteiger partial charge in [-0.25, -0.2) is 0 Å². The summed E-state index contributed by atoms with van der Waals surface area (Å²) in [5.41, 5.74) is -1.40. The summed E-state index contributed by atoms with van der Waals surface area (Å²) in [5.74, 6) is -1.71. The third-order valence-corrected chi connectivity index (χ3v) is 19.1. The number of carbonyl (C=O) groups excluding carboxylic acids is 1. The van der Waals surface area contributed by atoms with Crippen LogP contribution in [0.2, 0.25) is 0 Å². The second-order valence-electron chi connectivity index (χ2n) is 23.6. The average molecular weight is 1130 g/mol. The van der Waals surface area contributed by atoms with E-state index >= 15 is 4.79 Å². The van der Waals surface area contributed by atoms with Gasteiger partial charge in [0.2, 0.25) is 6.29 Å². The standard InChI is InChI=1S/C50H80O28/c1-17-10-50-8-5-25-48(2,6-4-7-49(25,3)47(68)78-45-40(35(64)30(59)23(15-54)73-45)76-43-37(66)33(62)28(57)21(13-52)71-43)26(50)9-19(18(17)11-50)69-46-41(77-44-38(67)34(63)29(58)22(14-53)72-44)39(31(60)24(16-55)74-46)75-42-36(65)32(61)27(56)20(12-51)70-42/h18-46,51-67H,1,4-16H2,2-3H3/t18?,19?,20?,21?,22?,23?,24?,25?,26-,27?,28?,29?,30?,31?,32?,33?,34?,35?,36?,37?,38?,39?,40?,41?,42?,43?,44?,45?,46?,48+,49+,50+/m0/s1. The summed E-state index contributed by atoms with van der Waals surface area (Å²) in [6.45, 7) is 4.18. The molecule has 32 atom stereocenters. The van der Waals surface area contributed by atoms with E-state index in [9.17, 15) is 86.8 Å². The van der Waals surface area contributed by atoms with E-state index in [-0.39, 0.29) is 17.3 Å². The summed E-state index contributed by atoms with van der Waals surface area (Å²) in [5, 5.41) is 181. The van der Waals surface area contributed by atoms with Crippen LogP contribution in [0, 0.1) is 34.0 Å². The maximum absolute atomic E-state index is 15.0. The number of hydrogen-bond donors (Lipinski definition) is 17. The fourth-order valence-electron chi connectivity index (χ4n) is 14.8. The molecule has 1 spiro atoms. The van der Waals surface area contributed by atoms with Gasteiger partial charge in [0.05, 0.1) is 44.6 Å². The molecule has 0 aromatic rings. The molecule has 0 radical (unpaired) electrons. The molecule has 4 aliphatic carbocycles. The first-order chi connectivity index (χ1) is 36.9. The first-order valence-corrected chi connectivity index (χ1v) is 26.9. The summed E-state index contributed by atoms with van der Waals surface area (Å²) in [6.07, 6.45) is -41.2. The minimum Gasteiger partial charge on any atom is -0.432 e. The zero-order valence-electron chi connectivity index (χ0n) is 43.2. The Kier molecular flexibility index (Phi) is 18.4. The number of aliphatic hydroxyl groups excluding tert-OH is 17. The molecule has 0 amide bonds. The Morgan fingerprint density at radius 1 is 0.500 bits per heavy atom. The van der Waals surface area contributed by atoms with Gasteiger partial charge in [-0.3, -0.25) is 4.79 Å². The summed E-state index contributed by atoms with van der Waals surface area (Å²) in [7, 11) is 0. The van der Waals surface area contributed by atoms with Crippen molar-refractivity contribution < 1.29 is 139 Å². The van der Waals surface area contributed by atoms with Gasteiger partial charge in [-0.1, -0.05) is 25.5 Å². The first kappa shape index (κ1) is 60.8. The molecule has 28 unspecified atom stereocenters. The predicted octanol–water partition coefficient (Wildman–Crippen LogP) is -7.43. The predicted molar refractivity (Wildman–Crippen MR) is 252 cm³/mol. The van der Waals surface area contributed by atoms with E-state index in [1.807, 2.05) is 0 Å². The Morgan fingerprint density at radius 3 is 1.44 bits per heavy atom. The largest absolute Gasteiger partial charge is 0.432 e. The van der Waals surface area contributed by atoms with Gasteiger partial charge in [-0.15, -0.1) is 0 Å². The van der Waals surface area contributed by atoms with Crippen LogP contribution in [0.15, 0.2) is 12.2 Å². The van der Waals surface area contributed by atoms with Crippen molar-refractivity contribution in [3.05, 3.63) is 12.2 Å². The van der Waals surface area contributed by atoms with Gasteiger partial charge in [0.1, 0.15) is 116 Å². The third-order valence-electron chi connectivity index (χ3n) is 19.1. The Hall–Kier alpha value is -1.83. The lowest BCUT2D eigenvalue weighted by Crippen LogP contribution is -2.67. The summed E-state index contributed by atoms with van der Waals surface area (Å²) in [6, 6.07) is 0. The molecule has 5 aliphatic heterocycles. The second-order valence-corrected chi connectivity index (χ2v) is 23.6. The monoisotopic (exact) mass is 1130 g/mol. The van der Waals surface area contributed by atoms with Crippen LogP contribution in [-0.2, 0) is 52.2 Å². The van der Waals surface area contributed by atoms with E-state index < -0.39 is 215 Å². The smallest absolute Gasteiger partial charge is 0.314 e. The number of esters is 1. The summed E-state index contributed by atoms with van der Waals surface area (Å²) < 4.78 is 60.3. The van der Waals surface area contributed by atoms with Crippen LogP contribution in [0.4, 0.5) is 0 Å². The van der Waals surface area contributed by atoms with E-state index in [0.29, 0.717) is 51.4 Å². The van der Waals surface area contributed by atoms with Crippen molar-refractivity contribution >= 4 is 5.97 Å². The van der Waals surface area contributed by atoms with Crippen LogP contribution in [0.25, 0.3) is 0 Å². The van der Waals surface area contributed by atoms with E-state index in [1.54, 1.807) is 6.92 Å². The molecule has 0 aromatic carbocycles. The molecular formula is C50H80O28. The molecule has 28 nitrogen and oxygen atoms in total. The van der Waals surface area contributed by atoms with Gasteiger partial charge in [0, 0.05) is 5.92 Å². The molecule has 4 saturated carbocycles. The van der Waals surface area contributed by atoms with E-state index in [2.05, 4.69) is 13.5 Å². The van der Waals surface area contributed by atoms with Crippen LogP contribution in [0.5, 0.6) is 0 Å². The molecule has 9 fully saturated rings. The molecule has 5 saturated heterocycles. The fourth-order valence-corrected chi connectivity index (χ4v) is 14.8. The van der Waals surface area contributed by atoms with Crippen molar-refractivity contribution in [2.45, 2.75) is 225 Å². The molecule has 28 heteroatoms. The van der Waals surface area contributed by atoms with Crippen molar-refractivity contribution in [1.82, 2.24) is 0 Å². The van der Waals surface area contributed by atoms with Gasteiger partial charge >= 0.3 is 5.97 Å². The normalized spacial score (nSPS) is 54.5. The maximum atomic E-state index is 15.0. The van der Waals surface area contributed by atoms with E-state index in [1.165, 1.54) is 0 Å². The van der Waals surface area contributed by atoms with E-state index in [0.717, 1.165) is 5.57 Å². The fraction of sp³-hybridized carbons (Fsp3) is 0.940. The van der Waals surface area contributed by atoms with Gasteiger partial charge in [-0.05, 0) is 74.5 Å². The lowest BCUT2D eigenvalue weighted by atomic mass is 9.41. The molecule has 9 rings (SSSR count). The molecule has 78 heavy (non-hydrogen) atoms. The number of ether oxygens (including phenoxy) is 10. The molecule has 9 aliphatic rings. The molecule has 0 aromatic heterocycles. The Labute approximate surface area is 448 Å². The topological polar surface area (TPSA) is 453 Å². The first-order valence-electron chi connectivity index (χ1n) is 26.9. The second kappa shape index (κ2) is 23.7. The van der Waals surface area contributed by atoms with Gasteiger partial charge in [0.15, 0.2) is 31.3 Å². The van der Waals surface area contributed by atoms with Crippen LogP contribution in [-0.4, -0.2) is 285 Å². The number of hydrogen-bond acceptors (Lipinski definition) is 28. The molecule has 5 heterocycles. The lowest BCUT2D eigenvalue weighted by Gasteiger charge is -2.64. The van der Waals surface area contributed by atoms with Crippen LogP contribution in [0.1, 0.15) is 65.2 Å². The zero-order valence-corrected chi connectivity index (χ0v) is 43.2. The summed E-state index contributed by atoms with van der Waals surface area (Å²) >= 11 is 0. The third kappa shape index (κ3) is 10.5. The number of rotatable bonds is 15. The van der Waals surface area contributed by atoms with Crippen LogP contribution >= 0.6 is 0 Å². The molecular weight excluding hydrogens is 1050 g/mol. The maximum Gasteiger partial charge on any atom is 0.314 e. The lowest BCUT2D eigenvalue weighted by molar-refractivity contribution is -0.397. The SMILES string of the molecule is C=C1C[C@@]23CCC4[C@](C)(C(=O)OC5OC(CO)C(O)C(O)C5OC5OC(CO)C(O)C(O)C5O)CCC[C@@]4(C)[C@@H]2CC(OC2OC(CO)C(O)C(OC4OC(CO)C(O)C(O)C4O)C2OC2OC(CO)C(O)C(O)C2O)C1C3. The van der Waals surface area contributed by atoms with Crippen molar-refractivity contribution in [2.75, 3.05) is 33.0 Å². The Bertz CT molecular complexity index is 2060. The number of fused-ring (bicyclic) bond motifs is 3. The van der Waals surface area contributed by atoms with Gasteiger partial charge in [0.25, 0.3) is 0 Å².